The molecule has 0 heterocycles. The molecule has 0 aliphatic heterocycles. The van der Waals surface area contributed by atoms with Gasteiger partial charge in [-0.3, -0.25) is 4.79 Å². The van der Waals surface area contributed by atoms with E-state index in [-0.39, 0.29) is 0 Å². The lowest BCUT2D eigenvalue weighted by molar-refractivity contribution is -0.118. The molecule has 0 aromatic carbocycles. The number of carbonyl (C=O) groups excluding carboxylic acids is 1. The minimum Gasteiger partial charge on any atom is -0.310 e. The fourth-order valence-electron chi connectivity index (χ4n) is 1.99. The lowest BCUT2D eigenvalue weighted by Gasteiger charge is -2.07. The van der Waals surface area contributed by atoms with Gasteiger partial charge in [-0.1, -0.05) is 59.8 Å². The molecule has 0 atom stereocenters. The summed E-state index contributed by atoms with van der Waals surface area (Å²) in [5.41, 5.74) is 0. The van der Waals surface area contributed by atoms with Crippen LogP contribution in [0.3, 0.4) is 0 Å². The lowest BCUT2D eigenvalue weighted by Crippen LogP contribution is -2.26. The number of Topliss-reactive ketones (excluding diaryl/α,β-unsaturated/α-hetero) is 1. The van der Waals surface area contributed by atoms with Gasteiger partial charge in [0.2, 0.25) is 0 Å². The fourth-order valence-corrected chi connectivity index (χ4v) is 1.99. The molecule has 0 unspecified atom stereocenters. The summed E-state index contributed by atoms with van der Waals surface area (Å²) in [4.78, 5) is 11.5. The van der Waals surface area contributed by atoms with Crippen molar-refractivity contribution >= 4 is 5.78 Å². The van der Waals surface area contributed by atoms with Crippen molar-refractivity contribution in [1.82, 2.24) is 5.32 Å². The Kier molecular flexibility index (Phi) is 11.5. The van der Waals surface area contributed by atoms with Crippen molar-refractivity contribution in [2.75, 3.05) is 13.1 Å². The van der Waals surface area contributed by atoms with E-state index < -0.39 is 0 Å². The van der Waals surface area contributed by atoms with Crippen LogP contribution in [0.25, 0.3) is 0 Å². The number of carbonyl (C=O) groups is 1. The molecule has 0 spiro atoms. The first-order valence-corrected chi connectivity index (χ1v) is 7.74. The smallest absolute Gasteiger partial charge is 0.146 e. The first-order chi connectivity index (χ1) is 8.52. The second kappa shape index (κ2) is 11.7. The highest BCUT2D eigenvalue weighted by Gasteiger charge is 2.02. The predicted octanol–water partition coefficient (Wildman–Crippen LogP) is 4.19. The van der Waals surface area contributed by atoms with Crippen molar-refractivity contribution in [1.29, 1.82) is 0 Å². The van der Waals surface area contributed by atoms with Crippen LogP contribution in [0.1, 0.15) is 72.6 Å². The van der Waals surface area contributed by atoms with Crippen molar-refractivity contribution in [2.45, 2.75) is 72.6 Å². The summed E-state index contributed by atoms with van der Waals surface area (Å²) < 4.78 is 0. The van der Waals surface area contributed by atoms with Gasteiger partial charge in [-0.05, 0) is 24.8 Å². The van der Waals surface area contributed by atoms with Crippen molar-refractivity contribution in [2.24, 2.45) is 11.8 Å². The van der Waals surface area contributed by atoms with Crippen LogP contribution in [0.5, 0.6) is 0 Å². The van der Waals surface area contributed by atoms with Crippen LogP contribution in [-0.4, -0.2) is 18.9 Å². The molecule has 0 aliphatic rings. The summed E-state index contributed by atoms with van der Waals surface area (Å²) in [5.74, 6) is 1.83. The number of rotatable bonds is 12. The minimum absolute atomic E-state index is 0.373. The fraction of sp³-hybridized carbons (Fsp3) is 0.938. The number of hydrogen-bond acceptors (Lipinski definition) is 2. The molecule has 2 heteroatoms. The molecule has 2 nitrogen and oxygen atoms in total. The zero-order valence-electron chi connectivity index (χ0n) is 12.9. The van der Waals surface area contributed by atoms with Gasteiger partial charge in [0.15, 0.2) is 0 Å². The van der Waals surface area contributed by atoms with Crippen molar-refractivity contribution in [3.8, 4) is 0 Å². The van der Waals surface area contributed by atoms with Gasteiger partial charge in [-0.2, -0.15) is 0 Å². The van der Waals surface area contributed by atoms with E-state index in [4.69, 9.17) is 0 Å². The highest BCUT2D eigenvalue weighted by Crippen LogP contribution is 2.11. The molecule has 1 N–H and O–H groups in total. The second-order valence-corrected chi connectivity index (χ2v) is 6.26. The predicted molar refractivity (Wildman–Crippen MR) is 79.9 cm³/mol. The van der Waals surface area contributed by atoms with Gasteiger partial charge in [0.1, 0.15) is 5.78 Å². The van der Waals surface area contributed by atoms with E-state index in [1.807, 2.05) is 0 Å². The van der Waals surface area contributed by atoms with E-state index in [1.54, 1.807) is 0 Å². The van der Waals surface area contributed by atoms with E-state index in [9.17, 15) is 4.79 Å². The van der Waals surface area contributed by atoms with E-state index in [0.29, 0.717) is 18.2 Å². The average Bonchev–Trinajstić information content (AvgIpc) is 2.26. The second-order valence-electron chi connectivity index (χ2n) is 6.26. The van der Waals surface area contributed by atoms with Crippen molar-refractivity contribution < 1.29 is 4.79 Å². The molecule has 0 aromatic rings. The Morgan fingerprint density at radius 3 is 2.11 bits per heavy atom. The molecule has 0 rings (SSSR count). The molecule has 0 aliphatic carbocycles. The molecule has 0 amide bonds. The van der Waals surface area contributed by atoms with Crippen molar-refractivity contribution in [3.63, 3.8) is 0 Å². The van der Waals surface area contributed by atoms with E-state index in [0.717, 1.165) is 25.3 Å². The summed E-state index contributed by atoms with van der Waals surface area (Å²) in [7, 11) is 0. The molecule has 0 saturated carbocycles. The van der Waals surface area contributed by atoms with E-state index in [2.05, 4.69) is 33.0 Å². The lowest BCUT2D eigenvalue weighted by atomic mass is 10.0. The Bertz CT molecular complexity index is 199. The van der Waals surface area contributed by atoms with Gasteiger partial charge in [-0.15, -0.1) is 0 Å². The summed E-state index contributed by atoms with van der Waals surface area (Å²) in [6.45, 7) is 10.4. The zero-order chi connectivity index (χ0) is 13.8. The van der Waals surface area contributed by atoms with Gasteiger partial charge in [0, 0.05) is 6.42 Å². The monoisotopic (exact) mass is 255 g/mol. The number of nitrogens with one attached hydrogen (secondary N) is 1. The van der Waals surface area contributed by atoms with Gasteiger partial charge in [-0.25, -0.2) is 0 Å². The maximum atomic E-state index is 11.5. The SMILES string of the molecule is CC(C)CCCCCCCC(=O)CNCC(C)C. The van der Waals surface area contributed by atoms with Crippen LogP contribution in [0.15, 0.2) is 0 Å². The summed E-state index contributed by atoms with van der Waals surface area (Å²) in [6.07, 6.45) is 8.37. The zero-order valence-corrected chi connectivity index (χ0v) is 12.9. The van der Waals surface area contributed by atoms with Crippen LogP contribution in [0.2, 0.25) is 0 Å². The summed E-state index contributed by atoms with van der Waals surface area (Å²) in [5, 5.41) is 3.21. The normalized spacial score (nSPS) is 11.4. The Morgan fingerprint density at radius 2 is 1.50 bits per heavy atom. The first-order valence-electron chi connectivity index (χ1n) is 7.74. The number of ketones is 1. The van der Waals surface area contributed by atoms with Crippen LogP contribution in [0.4, 0.5) is 0 Å². The van der Waals surface area contributed by atoms with Gasteiger partial charge >= 0.3 is 0 Å². The summed E-state index contributed by atoms with van der Waals surface area (Å²) >= 11 is 0. The number of hydrogen-bond donors (Lipinski definition) is 1. The summed E-state index contributed by atoms with van der Waals surface area (Å²) in [6, 6.07) is 0. The Morgan fingerprint density at radius 1 is 0.889 bits per heavy atom. The Labute approximate surface area is 114 Å². The molecule has 0 bridgehead atoms. The largest absolute Gasteiger partial charge is 0.310 e. The van der Waals surface area contributed by atoms with Gasteiger partial charge in [0.05, 0.1) is 6.54 Å². The molecule has 0 aromatic heterocycles. The van der Waals surface area contributed by atoms with Crippen LogP contribution in [-0.2, 0) is 4.79 Å². The molecular weight excluding hydrogens is 222 g/mol. The molecule has 0 saturated heterocycles. The van der Waals surface area contributed by atoms with E-state index >= 15 is 0 Å². The van der Waals surface area contributed by atoms with Gasteiger partial charge in [0.25, 0.3) is 0 Å². The van der Waals surface area contributed by atoms with Crippen molar-refractivity contribution in [3.05, 3.63) is 0 Å². The van der Waals surface area contributed by atoms with E-state index in [1.165, 1.54) is 32.1 Å². The molecule has 0 fully saturated rings. The maximum Gasteiger partial charge on any atom is 0.146 e. The molecule has 0 radical (unpaired) electrons. The average molecular weight is 255 g/mol. The highest BCUT2D eigenvalue weighted by molar-refractivity contribution is 5.80. The topological polar surface area (TPSA) is 29.1 Å². The maximum absolute atomic E-state index is 11.5. The molecular formula is C16H33NO. The quantitative estimate of drug-likeness (QED) is 0.530. The Hall–Kier alpha value is -0.370. The van der Waals surface area contributed by atoms with Crippen LogP contribution < -0.4 is 5.32 Å². The third-order valence-electron chi connectivity index (χ3n) is 3.11. The minimum atomic E-state index is 0.373. The Balaban J connectivity index is 3.20. The number of unbranched alkanes of at least 4 members (excludes halogenated alkanes) is 4. The first kappa shape index (κ1) is 17.6. The van der Waals surface area contributed by atoms with Crippen LogP contribution >= 0.6 is 0 Å². The van der Waals surface area contributed by atoms with Crippen LogP contribution in [0, 0.1) is 11.8 Å². The molecule has 18 heavy (non-hydrogen) atoms. The van der Waals surface area contributed by atoms with Gasteiger partial charge < -0.3 is 5.32 Å². The third kappa shape index (κ3) is 13.7. The molecule has 108 valence electrons. The standard InChI is InChI=1S/C16H33NO/c1-14(2)10-8-6-5-7-9-11-16(18)13-17-12-15(3)4/h14-15,17H,5-13H2,1-4H3. The highest BCUT2D eigenvalue weighted by atomic mass is 16.1. The third-order valence-corrected chi connectivity index (χ3v) is 3.11.